The second-order valence-corrected chi connectivity index (χ2v) is 4.88. The van der Waals surface area contributed by atoms with Crippen molar-refractivity contribution in [2.75, 3.05) is 5.73 Å². The van der Waals surface area contributed by atoms with Crippen LogP contribution in [-0.4, -0.2) is 16.1 Å². The highest BCUT2D eigenvalue weighted by molar-refractivity contribution is 8.00. The second kappa shape index (κ2) is 5.72. The van der Waals surface area contributed by atoms with Gasteiger partial charge in [-0.1, -0.05) is 25.6 Å². The Kier molecular flexibility index (Phi) is 4.57. The molecule has 1 rings (SSSR count). The predicted molar refractivity (Wildman–Crippen MR) is 65.5 cm³/mol. The Morgan fingerprint density at radius 1 is 1.50 bits per heavy atom. The maximum atomic E-state index is 11.5. The lowest BCUT2D eigenvalue weighted by Crippen LogP contribution is -2.39. The fourth-order valence-electron chi connectivity index (χ4n) is 1.17. The monoisotopic (exact) mass is 240 g/mol. The fourth-order valence-corrected chi connectivity index (χ4v) is 2.13. The van der Waals surface area contributed by atoms with Gasteiger partial charge in [-0.25, -0.2) is 10.8 Å². The maximum Gasteiger partial charge on any atom is 0.247 e. The largest absolute Gasteiger partial charge is 0.397 e. The molecule has 0 aliphatic heterocycles. The average molecular weight is 240 g/mol. The van der Waals surface area contributed by atoms with Crippen molar-refractivity contribution in [3.05, 3.63) is 18.3 Å². The molecule has 5 N–H and O–H groups in total. The summed E-state index contributed by atoms with van der Waals surface area (Å²) in [5.74, 6) is 5.11. The number of hydrazine groups is 1. The van der Waals surface area contributed by atoms with Crippen molar-refractivity contribution < 1.29 is 4.79 Å². The highest BCUT2D eigenvalue weighted by atomic mass is 32.2. The van der Waals surface area contributed by atoms with Gasteiger partial charge in [0.2, 0.25) is 5.91 Å². The first-order valence-electron chi connectivity index (χ1n) is 4.93. The number of nitrogens with two attached hydrogens (primary N) is 2. The van der Waals surface area contributed by atoms with E-state index in [0.717, 1.165) is 5.03 Å². The van der Waals surface area contributed by atoms with Crippen LogP contribution < -0.4 is 17.0 Å². The molecule has 16 heavy (non-hydrogen) atoms. The molecule has 0 saturated heterocycles. The van der Waals surface area contributed by atoms with Crippen molar-refractivity contribution in [1.82, 2.24) is 10.4 Å². The molecule has 0 aliphatic carbocycles. The zero-order chi connectivity index (χ0) is 12.1. The number of nitrogen functional groups attached to an aromatic ring is 1. The molecule has 1 heterocycles. The van der Waals surface area contributed by atoms with Crippen LogP contribution in [0.25, 0.3) is 0 Å². The van der Waals surface area contributed by atoms with E-state index in [9.17, 15) is 4.79 Å². The van der Waals surface area contributed by atoms with Crippen LogP contribution in [0.2, 0.25) is 0 Å². The third-order valence-electron chi connectivity index (χ3n) is 2.01. The standard InChI is InChI=1S/C10H16N4OS/c1-6(2)9(10(15)14-12)16-8-4-3-7(11)5-13-8/h3-6,9H,11-12H2,1-2H3,(H,14,15). The lowest BCUT2D eigenvalue weighted by molar-refractivity contribution is -0.121. The minimum absolute atomic E-state index is 0.174. The number of carbonyl (C=O) groups excluding carboxylic acids is 1. The summed E-state index contributed by atoms with van der Waals surface area (Å²) in [6, 6.07) is 3.55. The molecule has 0 saturated carbocycles. The number of pyridine rings is 1. The SMILES string of the molecule is CC(C)C(Sc1ccc(N)cn1)C(=O)NN. The molecule has 88 valence electrons. The molecular formula is C10H16N4OS. The van der Waals surface area contributed by atoms with Crippen molar-refractivity contribution in [3.63, 3.8) is 0 Å². The second-order valence-electron chi connectivity index (χ2n) is 3.72. The van der Waals surface area contributed by atoms with Crippen LogP contribution in [-0.2, 0) is 4.79 Å². The van der Waals surface area contributed by atoms with E-state index >= 15 is 0 Å². The van der Waals surface area contributed by atoms with Gasteiger partial charge in [-0.2, -0.15) is 0 Å². The number of aromatic nitrogens is 1. The molecule has 6 heteroatoms. The van der Waals surface area contributed by atoms with Crippen LogP contribution in [0.1, 0.15) is 13.8 Å². The van der Waals surface area contributed by atoms with Crippen LogP contribution >= 0.6 is 11.8 Å². The van der Waals surface area contributed by atoms with E-state index in [1.165, 1.54) is 11.8 Å². The van der Waals surface area contributed by atoms with E-state index in [0.29, 0.717) is 5.69 Å². The highest BCUT2D eigenvalue weighted by Crippen LogP contribution is 2.26. The van der Waals surface area contributed by atoms with Crippen molar-refractivity contribution >= 4 is 23.4 Å². The van der Waals surface area contributed by atoms with Gasteiger partial charge in [-0.05, 0) is 18.1 Å². The Bertz CT molecular complexity index is 352. The van der Waals surface area contributed by atoms with Gasteiger partial charge in [-0.3, -0.25) is 10.2 Å². The van der Waals surface area contributed by atoms with Gasteiger partial charge in [0.05, 0.1) is 22.2 Å². The average Bonchev–Trinajstić information content (AvgIpc) is 2.27. The molecule has 1 amide bonds. The minimum atomic E-state index is -0.249. The maximum absolute atomic E-state index is 11.5. The van der Waals surface area contributed by atoms with Crippen LogP contribution in [0.15, 0.2) is 23.4 Å². The summed E-state index contributed by atoms with van der Waals surface area (Å²) < 4.78 is 0. The lowest BCUT2D eigenvalue weighted by atomic mass is 10.1. The predicted octanol–water partition coefficient (Wildman–Crippen LogP) is 0.770. The molecule has 1 atom stereocenters. The van der Waals surface area contributed by atoms with Crippen LogP contribution in [0.3, 0.4) is 0 Å². The minimum Gasteiger partial charge on any atom is -0.397 e. The van der Waals surface area contributed by atoms with Crippen LogP contribution in [0.4, 0.5) is 5.69 Å². The molecular weight excluding hydrogens is 224 g/mol. The van der Waals surface area contributed by atoms with Crippen molar-refractivity contribution in [1.29, 1.82) is 0 Å². The summed E-state index contributed by atoms with van der Waals surface area (Å²) in [7, 11) is 0. The molecule has 0 aromatic carbocycles. The Labute approximate surface area is 99.0 Å². The van der Waals surface area contributed by atoms with Gasteiger partial charge in [0, 0.05) is 0 Å². The smallest absolute Gasteiger partial charge is 0.247 e. The Hall–Kier alpha value is -1.27. The van der Waals surface area contributed by atoms with Gasteiger partial charge >= 0.3 is 0 Å². The summed E-state index contributed by atoms with van der Waals surface area (Å²) in [5, 5.41) is 0.512. The topological polar surface area (TPSA) is 94.0 Å². The third kappa shape index (κ3) is 3.39. The van der Waals surface area contributed by atoms with E-state index in [-0.39, 0.29) is 17.1 Å². The number of amides is 1. The first-order chi connectivity index (χ1) is 7.54. The van der Waals surface area contributed by atoms with Crippen molar-refractivity contribution in [2.24, 2.45) is 11.8 Å². The summed E-state index contributed by atoms with van der Waals surface area (Å²) in [6.45, 7) is 3.93. The highest BCUT2D eigenvalue weighted by Gasteiger charge is 2.23. The summed E-state index contributed by atoms with van der Waals surface area (Å²) >= 11 is 1.38. The Balaban J connectivity index is 2.75. The molecule has 0 radical (unpaired) electrons. The molecule has 0 aliphatic rings. The van der Waals surface area contributed by atoms with E-state index in [2.05, 4.69) is 10.4 Å². The zero-order valence-electron chi connectivity index (χ0n) is 9.31. The molecule has 0 fully saturated rings. The number of nitrogens with one attached hydrogen (secondary N) is 1. The van der Waals surface area contributed by atoms with Crippen LogP contribution in [0.5, 0.6) is 0 Å². The lowest BCUT2D eigenvalue weighted by Gasteiger charge is -2.17. The Morgan fingerprint density at radius 3 is 2.62 bits per heavy atom. The van der Waals surface area contributed by atoms with Crippen molar-refractivity contribution in [2.45, 2.75) is 24.1 Å². The van der Waals surface area contributed by atoms with E-state index in [4.69, 9.17) is 11.6 Å². The molecule has 1 unspecified atom stereocenters. The number of carbonyl (C=O) groups is 1. The summed E-state index contributed by atoms with van der Waals surface area (Å²) in [6.07, 6.45) is 1.57. The van der Waals surface area contributed by atoms with Gasteiger partial charge in [-0.15, -0.1) is 0 Å². The summed E-state index contributed by atoms with van der Waals surface area (Å²) in [5.41, 5.74) is 8.30. The van der Waals surface area contributed by atoms with Crippen molar-refractivity contribution in [3.8, 4) is 0 Å². The molecule has 1 aromatic heterocycles. The molecule has 5 nitrogen and oxygen atoms in total. The quantitative estimate of drug-likeness (QED) is 0.313. The number of nitrogens with zero attached hydrogens (tertiary/aromatic N) is 1. The van der Waals surface area contributed by atoms with E-state index < -0.39 is 0 Å². The van der Waals surface area contributed by atoms with E-state index in [1.54, 1.807) is 18.3 Å². The molecule has 0 bridgehead atoms. The number of hydrogen-bond acceptors (Lipinski definition) is 5. The third-order valence-corrected chi connectivity index (χ3v) is 3.51. The van der Waals surface area contributed by atoms with Gasteiger partial charge in [0.1, 0.15) is 0 Å². The molecule has 0 spiro atoms. The van der Waals surface area contributed by atoms with Gasteiger partial charge < -0.3 is 5.73 Å². The number of anilines is 1. The zero-order valence-corrected chi connectivity index (χ0v) is 10.1. The van der Waals surface area contributed by atoms with E-state index in [1.807, 2.05) is 13.8 Å². The normalized spacial score (nSPS) is 12.5. The summed E-state index contributed by atoms with van der Waals surface area (Å²) in [4.78, 5) is 15.6. The number of rotatable bonds is 4. The molecule has 1 aromatic rings. The number of thioether (sulfide) groups is 1. The number of hydrogen-bond donors (Lipinski definition) is 3. The fraction of sp³-hybridized carbons (Fsp3) is 0.400. The van der Waals surface area contributed by atoms with Gasteiger partial charge in [0.15, 0.2) is 0 Å². The first kappa shape index (κ1) is 12.8. The first-order valence-corrected chi connectivity index (χ1v) is 5.81. The van der Waals surface area contributed by atoms with Crippen LogP contribution in [0, 0.1) is 5.92 Å². The van der Waals surface area contributed by atoms with Gasteiger partial charge in [0.25, 0.3) is 0 Å². The Morgan fingerprint density at radius 2 is 2.19 bits per heavy atom.